The van der Waals surface area contributed by atoms with Gasteiger partial charge in [-0.3, -0.25) is 4.79 Å². The summed E-state index contributed by atoms with van der Waals surface area (Å²) in [5, 5.41) is 0. The summed E-state index contributed by atoms with van der Waals surface area (Å²) in [6, 6.07) is 20.7. The second-order valence-electron chi connectivity index (χ2n) is 7.75. The molecule has 4 heteroatoms. The van der Waals surface area contributed by atoms with Gasteiger partial charge in [0.25, 0.3) is 0 Å². The zero-order valence-electron chi connectivity index (χ0n) is 16.4. The smallest absolute Gasteiger partial charge is 0.223 e. The number of benzene rings is 2. The van der Waals surface area contributed by atoms with Crippen molar-refractivity contribution in [3.05, 3.63) is 90.0 Å². The van der Waals surface area contributed by atoms with Crippen LogP contribution in [-0.2, 0) is 17.8 Å². The molecule has 0 radical (unpaired) electrons. The molecular formula is C24H27N3O. The first-order valence-electron chi connectivity index (χ1n) is 10.0. The first kappa shape index (κ1) is 18.5. The average Bonchev–Trinajstić information content (AvgIpc) is 3.21. The second-order valence-corrected chi connectivity index (χ2v) is 7.75. The first-order chi connectivity index (χ1) is 13.7. The van der Waals surface area contributed by atoms with Gasteiger partial charge in [0.15, 0.2) is 0 Å². The van der Waals surface area contributed by atoms with E-state index in [1.54, 1.807) is 0 Å². The zero-order chi connectivity index (χ0) is 19.3. The highest BCUT2D eigenvalue weighted by atomic mass is 16.2. The highest BCUT2D eigenvalue weighted by Crippen LogP contribution is 2.29. The Kier molecular flexibility index (Phi) is 5.56. The molecule has 0 spiro atoms. The van der Waals surface area contributed by atoms with Crippen molar-refractivity contribution >= 4 is 5.91 Å². The fourth-order valence-corrected chi connectivity index (χ4v) is 4.19. The Morgan fingerprint density at radius 1 is 1.11 bits per heavy atom. The number of carbonyl (C=O) groups is 1. The van der Waals surface area contributed by atoms with Crippen LogP contribution in [0.3, 0.4) is 0 Å². The van der Waals surface area contributed by atoms with Crippen molar-refractivity contribution < 1.29 is 4.79 Å². The quantitative estimate of drug-likeness (QED) is 0.652. The number of hydrogen-bond acceptors (Lipinski definition) is 2. The molecule has 0 saturated carbocycles. The summed E-state index contributed by atoms with van der Waals surface area (Å²) in [6.45, 7) is 1.79. The summed E-state index contributed by atoms with van der Waals surface area (Å²) in [5.74, 6) is 1.91. The molecule has 0 saturated heterocycles. The third kappa shape index (κ3) is 4.16. The number of amides is 1. The molecule has 0 fully saturated rings. The Hall–Kier alpha value is -2.88. The van der Waals surface area contributed by atoms with E-state index in [0.717, 1.165) is 31.8 Å². The van der Waals surface area contributed by atoms with Crippen molar-refractivity contribution in [3.8, 4) is 0 Å². The van der Waals surface area contributed by atoms with Crippen LogP contribution in [0, 0.1) is 5.92 Å². The van der Waals surface area contributed by atoms with Crippen LogP contribution < -0.4 is 0 Å². The number of rotatable bonds is 6. The van der Waals surface area contributed by atoms with Crippen molar-refractivity contribution in [3.63, 3.8) is 0 Å². The van der Waals surface area contributed by atoms with E-state index in [2.05, 4.69) is 33.8 Å². The van der Waals surface area contributed by atoms with Crippen LogP contribution >= 0.6 is 0 Å². The Bertz CT molecular complexity index is 864. The van der Waals surface area contributed by atoms with Gasteiger partial charge in [0, 0.05) is 51.3 Å². The van der Waals surface area contributed by atoms with Gasteiger partial charge in [0.2, 0.25) is 5.91 Å². The molecular weight excluding hydrogens is 346 g/mol. The van der Waals surface area contributed by atoms with Gasteiger partial charge in [0.1, 0.15) is 5.82 Å². The fourth-order valence-electron chi connectivity index (χ4n) is 4.19. The van der Waals surface area contributed by atoms with Gasteiger partial charge in [-0.2, -0.15) is 0 Å². The third-order valence-corrected chi connectivity index (χ3v) is 5.79. The van der Waals surface area contributed by atoms with E-state index in [-0.39, 0.29) is 11.8 Å². The Labute approximate surface area is 166 Å². The third-order valence-electron chi connectivity index (χ3n) is 5.79. The number of hydrogen-bond donors (Lipinski definition) is 0. The molecule has 0 N–H and O–H groups in total. The molecule has 4 nitrogen and oxygen atoms in total. The molecule has 0 aliphatic carbocycles. The predicted octanol–water partition coefficient (Wildman–Crippen LogP) is 4.13. The van der Waals surface area contributed by atoms with E-state index >= 15 is 0 Å². The van der Waals surface area contributed by atoms with Crippen LogP contribution in [0.4, 0.5) is 0 Å². The lowest BCUT2D eigenvalue weighted by Gasteiger charge is -2.29. The van der Waals surface area contributed by atoms with Crippen molar-refractivity contribution in [2.75, 3.05) is 13.6 Å². The van der Waals surface area contributed by atoms with Crippen LogP contribution in [-0.4, -0.2) is 34.0 Å². The second kappa shape index (κ2) is 8.42. The van der Waals surface area contributed by atoms with Crippen LogP contribution in [0.5, 0.6) is 0 Å². The van der Waals surface area contributed by atoms with Crippen molar-refractivity contribution in [2.24, 2.45) is 5.92 Å². The first-order valence-corrected chi connectivity index (χ1v) is 10.0. The topological polar surface area (TPSA) is 38.1 Å². The summed E-state index contributed by atoms with van der Waals surface area (Å²) in [7, 11) is 1.94. The summed E-state index contributed by atoms with van der Waals surface area (Å²) >= 11 is 0. The lowest BCUT2D eigenvalue weighted by molar-refractivity contribution is -0.130. The normalized spacial score (nSPS) is 16.0. The maximum atomic E-state index is 13.1. The minimum absolute atomic E-state index is 0.0857. The lowest BCUT2D eigenvalue weighted by Crippen LogP contribution is -2.35. The summed E-state index contributed by atoms with van der Waals surface area (Å²) < 4.78 is 2.22. The van der Waals surface area contributed by atoms with E-state index in [0.29, 0.717) is 12.3 Å². The minimum atomic E-state index is 0.0857. The van der Waals surface area contributed by atoms with Gasteiger partial charge in [-0.15, -0.1) is 0 Å². The summed E-state index contributed by atoms with van der Waals surface area (Å²) in [5.41, 5.74) is 2.38. The summed E-state index contributed by atoms with van der Waals surface area (Å²) in [4.78, 5) is 19.4. The van der Waals surface area contributed by atoms with Crippen LogP contribution in [0.2, 0.25) is 0 Å². The largest absolute Gasteiger partial charge is 0.345 e. The Balaban J connectivity index is 1.44. The van der Waals surface area contributed by atoms with Crippen molar-refractivity contribution in [2.45, 2.75) is 31.7 Å². The van der Waals surface area contributed by atoms with E-state index in [4.69, 9.17) is 0 Å². The molecule has 1 amide bonds. The number of nitrogens with zero attached hydrogens (tertiary/aromatic N) is 3. The summed E-state index contributed by atoms with van der Waals surface area (Å²) in [6.07, 6.45) is 6.46. The molecule has 2 heterocycles. The van der Waals surface area contributed by atoms with Crippen molar-refractivity contribution in [1.29, 1.82) is 0 Å². The van der Waals surface area contributed by atoms with Gasteiger partial charge < -0.3 is 9.47 Å². The Morgan fingerprint density at radius 2 is 1.75 bits per heavy atom. The van der Waals surface area contributed by atoms with E-state index < -0.39 is 0 Å². The standard InChI is InChI=1S/C24H27N3O/c1-26(18-19-12-14-27-15-13-25-23(27)16-19)24(28)17-22(20-8-4-2-5-9-20)21-10-6-3-7-11-21/h2-11,13,15,19,22H,12,14,16-18H2,1H3/t19-/m0/s1. The number of aryl methyl sites for hydroxylation is 1. The number of carbonyl (C=O) groups excluding carboxylic acids is 1. The maximum absolute atomic E-state index is 13.1. The molecule has 2 aromatic carbocycles. The van der Waals surface area contributed by atoms with Gasteiger partial charge in [-0.25, -0.2) is 4.98 Å². The van der Waals surface area contributed by atoms with Crippen LogP contribution in [0.1, 0.15) is 35.7 Å². The SMILES string of the molecule is CN(C[C@H]1CCn2ccnc2C1)C(=O)CC(c1ccccc1)c1ccccc1. The molecule has 4 rings (SSSR count). The number of aromatic nitrogens is 2. The molecule has 3 aromatic rings. The monoisotopic (exact) mass is 373 g/mol. The van der Waals surface area contributed by atoms with Crippen molar-refractivity contribution in [1.82, 2.24) is 14.5 Å². The molecule has 28 heavy (non-hydrogen) atoms. The number of fused-ring (bicyclic) bond motifs is 1. The van der Waals surface area contributed by atoms with Crippen LogP contribution in [0.25, 0.3) is 0 Å². The molecule has 1 aliphatic heterocycles. The van der Waals surface area contributed by atoms with E-state index in [1.807, 2.05) is 60.7 Å². The van der Waals surface area contributed by atoms with Gasteiger partial charge in [0.05, 0.1) is 0 Å². The average molecular weight is 374 g/mol. The molecule has 0 unspecified atom stereocenters. The van der Waals surface area contributed by atoms with Gasteiger partial charge in [-0.1, -0.05) is 60.7 Å². The zero-order valence-corrected chi connectivity index (χ0v) is 16.4. The molecule has 1 aromatic heterocycles. The predicted molar refractivity (Wildman–Crippen MR) is 111 cm³/mol. The molecule has 144 valence electrons. The van der Waals surface area contributed by atoms with Gasteiger partial charge in [-0.05, 0) is 23.5 Å². The molecule has 1 aliphatic rings. The fraction of sp³-hybridized carbons (Fsp3) is 0.333. The minimum Gasteiger partial charge on any atom is -0.345 e. The van der Waals surface area contributed by atoms with Gasteiger partial charge >= 0.3 is 0 Å². The Morgan fingerprint density at radius 3 is 2.39 bits per heavy atom. The highest BCUT2D eigenvalue weighted by Gasteiger charge is 2.24. The van der Waals surface area contributed by atoms with E-state index in [9.17, 15) is 4.79 Å². The molecule has 0 bridgehead atoms. The highest BCUT2D eigenvalue weighted by molar-refractivity contribution is 5.77. The van der Waals surface area contributed by atoms with Crippen LogP contribution in [0.15, 0.2) is 73.1 Å². The maximum Gasteiger partial charge on any atom is 0.223 e. The molecule has 1 atom stereocenters. The number of imidazole rings is 1. The lowest BCUT2D eigenvalue weighted by atomic mass is 9.88. The van der Waals surface area contributed by atoms with E-state index in [1.165, 1.54) is 11.1 Å².